The van der Waals surface area contributed by atoms with Crippen LogP contribution in [0.3, 0.4) is 0 Å². The zero-order chi connectivity index (χ0) is 16.3. The fraction of sp³-hybridized carbons (Fsp3) is 0.263. The summed E-state index contributed by atoms with van der Waals surface area (Å²) in [7, 11) is 0. The second kappa shape index (κ2) is 6.73. The number of halogens is 1. The number of carbonyl (C=O) groups is 2. The first-order chi connectivity index (χ1) is 10.4. The van der Waals surface area contributed by atoms with Crippen molar-refractivity contribution in [2.45, 2.75) is 20.8 Å². The molecule has 0 saturated carbocycles. The van der Waals surface area contributed by atoms with Crippen molar-refractivity contribution in [1.82, 2.24) is 0 Å². The first kappa shape index (κ1) is 16.9. The summed E-state index contributed by atoms with van der Waals surface area (Å²) in [6, 6.07) is 14.8. The largest absolute Gasteiger partial charge is 0.293 e. The van der Waals surface area contributed by atoms with Gasteiger partial charge in [0.1, 0.15) is 5.41 Å². The van der Waals surface area contributed by atoms with Crippen LogP contribution in [0.2, 0.25) is 0 Å². The van der Waals surface area contributed by atoms with Crippen LogP contribution in [0.4, 0.5) is 0 Å². The summed E-state index contributed by atoms with van der Waals surface area (Å²) in [5.74, 6) is -0.236. The van der Waals surface area contributed by atoms with E-state index in [0.29, 0.717) is 15.6 Å². The van der Waals surface area contributed by atoms with Crippen LogP contribution < -0.4 is 0 Å². The maximum Gasteiger partial charge on any atom is 0.177 e. The molecule has 0 heterocycles. The van der Waals surface area contributed by atoms with Crippen LogP contribution in [0.15, 0.2) is 48.5 Å². The average molecular weight is 406 g/mol. The molecule has 0 N–H and O–H groups in total. The van der Waals surface area contributed by atoms with Crippen LogP contribution in [0, 0.1) is 19.3 Å². The SMILES string of the molecule is Cc1ccc(C(=O)C(C)(CI)C(=O)c2ccc(C)cc2)cc1. The Kier molecular flexibility index (Phi) is 5.16. The summed E-state index contributed by atoms with van der Waals surface area (Å²) in [5.41, 5.74) is 2.33. The van der Waals surface area contributed by atoms with Crippen LogP contribution in [-0.2, 0) is 0 Å². The van der Waals surface area contributed by atoms with Gasteiger partial charge in [-0.25, -0.2) is 0 Å². The summed E-state index contributed by atoms with van der Waals surface area (Å²) in [4.78, 5) is 25.7. The van der Waals surface area contributed by atoms with Crippen molar-refractivity contribution in [2.24, 2.45) is 5.41 Å². The van der Waals surface area contributed by atoms with Crippen LogP contribution in [0.1, 0.15) is 38.8 Å². The summed E-state index contributed by atoms with van der Waals surface area (Å²) >= 11 is 2.12. The van der Waals surface area contributed by atoms with Gasteiger partial charge in [0.2, 0.25) is 0 Å². The van der Waals surface area contributed by atoms with E-state index in [-0.39, 0.29) is 11.6 Å². The Balaban J connectivity index is 2.38. The van der Waals surface area contributed by atoms with Gasteiger partial charge < -0.3 is 0 Å². The standard InChI is InChI=1S/C19H19IO2/c1-13-4-8-15(9-5-13)17(21)19(3,12-20)18(22)16-10-6-14(2)7-11-16/h4-11H,12H2,1-3H3. The van der Waals surface area contributed by atoms with E-state index >= 15 is 0 Å². The molecule has 3 heteroatoms. The Morgan fingerprint density at radius 1 is 0.818 bits per heavy atom. The average Bonchev–Trinajstić information content (AvgIpc) is 2.54. The molecule has 0 aliphatic rings. The minimum absolute atomic E-state index is 0.118. The molecular formula is C19H19IO2. The monoisotopic (exact) mass is 406 g/mol. The number of alkyl halides is 1. The predicted molar refractivity (Wildman–Crippen MR) is 98.0 cm³/mol. The van der Waals surface area contributed by atoms with Gasteiger partial charge in [0.15, 0.2) is 11.6 Å². The molecule has 0 spiro atoms. The van der Waals surface area contributed by atoms with Gasteiger partial charge in [-0.3, -0.25) is 9.59 Å². The number of carbonyl (C=O) groups excluding carboxylic acids is 2. The van der Waals surface area contributed by atoms with Crippen molar-refractivity contribution >= 4 is 34.2 Å². The number of benzene rings is 2. The third-order valence-electron chi connectivity index (χ3n) is 3.90. The van der Waals surface area contributed by atoms with Crippen molar-refractivity contribution in [3.05, 3.63) is 70.8 Å². The lowest BCUT2D eigenvalue weighted by Gasteiger charge is -2.24. The molecule has 0 saturated heterocycles. The molecular weight excluding hydrogens is 387 g/mol. The highest BCUT2D eigenvalue weighted by molar-refractivity contribution is 14.1. The summed E-state index contributed by atoms with van der Waals surface area (Å²) in [5, 5.41) is 0. The third kappa shape index (κ3) is 3.29. The lowest BCUT2D eigenvalue weighted by Crippen LogP contribution is -2.38. The molecule has 0 aliphatic heterocycles. The second-order valence-electron chi connectivity index (χ2n) is 5.86. The van der Waals surface area contributed by atoms with Gasteiger partial charge in [0.25, 0.3) is 0 Å². The Labute approximate surface area is 145 Å². The molecule has 0 fully saturated rings. The van der Waals surface area contributed by atoms with Crippen LogP contribution in [-0.4, -0.2) is 16.0 Å². The molecule has 0 unspecified atom stereocenters. The molecule has 2 nitrogen and oxygen atoms in total. The van der Waals surface area contributed by atoms with Gasteiger partial charge >= 0.3 is 0 Å². The normalized spacial score (nSPS) is 11.3. The number of aryl methyl sites for hydroxylation is 2. The van der Waals surface area contributed by atoms with E-state index in [4.69, 9.17) is 0 Å². The van der Waals surface area contributed by atoms with Crippen molar-refractivity contribution in [3.63, 3.8) is 0 Å². The first-order valence-electron chi connectivity index (χ1n) is 7.17. The fourth-order valence-corrected chi connectivity index (χ4v) is 2.96. The van der Waals surface area contributed by atoms with E-state index in [2.05, 4.69) is 22.6 Å². The van der Waals surface area contributed by atoms with Gasteiger partial charge in [0.05, 0.1) is 0 Å². The Morgan fingerprint density at radius 3 is 1.41 bits per heavy atom. The van der Waals surface area contributed by atoms with E-state index in [9.17, 15) is 9.59 Å². The van der Waals surface area contributed by atoms with Gasteiger partial charge in [0, 0.05) is 15.6 Å². The molecule has 0 amide bonds. The highest BCUT2D eigenvalue weighted by atomic mass is 127. The van der Waals surface area contributed by atoms with Crippen molar-refractivity contribution in [2.75, 3.05) is 4.43 Å². The zero-order valence-corrected chi connectivity index (χ0v) is 15.2. The van der Waals surface area contributed by atoms with E-state index in [1.807, 2.05) is 38.1 Å². The minimum Gasteiger partial charge on any atom is -0.293 e. The highest BCUT2D eigenvalue weighted by Gasteiger charge is 2.40. The van der Waals surface area contributed by atoms with Crippen LogP contribution >= 0.6 is 22.6 Å². The molecule has 22 heavy (non-hydrogen) atoms. The maximum atomic E-state index is 12.9. The van der Waals surface area contributed by atoms with Crippen LogP contribution in [0.5, 0.6) is 0 Å². The maximum absolute atomic E-state index is 12.9. The molecule has 0 bridgehead atoms. The summed E-state index contributed by atoms with van der Waals surface area (Å²) in [6.45, 7) is 5.69. The van der Waals surface area contributed by atoms with E-state index in [1.54, 1.807) is 31.2 Å². The van der Waals surface area contributed by atoms with Crippen molar-refractivity contribution in [3.8, 4) is 0 Å². The Bertz CT molecular complexity index is 627. The topological polar surface area (TPSA) is 34.1 Å². The van der Waals surface area contributed by atoms with E-state index in [1.165, 1.54) is 0 Å². The molecule has 114 valence electrons. The molecule has 2 rings (SSSR count). The molecule has 2 aromatic carbocycles. The zero-order valence-electron chi connectivity index (χ0n) is 13.0. The Hall–Kier alpha value is -1.49. The highest BCUT2D eigenvalue weighted by Crippen LogP contribution is 2.30. The van der Waals surface area contributed by atoms with E-state index in [0.717, 1.165) is 11.1 Å². The number of hydrogen-bond acceptors (Lipinski definition) is 2. The minimum atomic E-state index is -1.04. The number of Topliss-reactive ketones (excluding diaryl/α,β-unsaturated/α-hetero) is 2. The van der Waals surface area contributed by atoms with Crippen molar-refractivity contribution < 1.29 is 9.59 Å². The molecule has 2 aromatic rings. The molecule has 0 aliphatic carbocycles. The van der Waals surface area contributed by atoms with Gasteiger partial charge in [-0.05, 0) is 20.8 Å². The fourth-order valence-electron chi connectivity index (χ4n) is 2.27. The van der Waals surface area contributed by atoms with Gasteiger partial charge in [-0.15, -0.1) is 0 Å². The number of rotatable bonds is 5. The second-order valence-corrected chi connectivity index (χ2v) is 6.62. The third-order valence-corrected chi connectivity index (χ3v) is 5.42. The summed E-state index contributed by atoms with van der Waals surface area (Å²) < 4.78 is 0.449. The smallest absolute Gasteiger partial charge is 0.177 e. The summed E-state index contributed by atoms with van der Waals surface area (Å²) in [6.07, 6.45) is 0. The Morgan fingerprint density at radius 2 is 1.14 bits per heavy atom. The molecule has 0 aromatic heterocycles. The molecule has 0 atom stereocenters. The quantitative estimate of drug-likeness (QED) is 0.309. The lowest BCUT2D eigenvalue weighted by atomic mass is 9.77. The lowest BCUT2D eigenvalue weighted by molar-refractivity contribution is 0.0721. The van der Waals surface area contributed by atoms with Crippen LogP contribution in [0.25, 0.3) is 0 Å². The predicted octanol–water partition coefficient (Wildman–Crippen LogP) is 4.81. The number of hydrogen-bond donors (Lipinski definition) is 0. The van der Waals surface area contributed by atoms with Crippen molar-refractivity contribution in [1.29, 1.82) is 0 Å². The van der Waals surface area contributed by atoms with Gasteiger partial charge in [-0.2, -0.15) is 0 Å². The molecule has 0 radical (unpaired) electrons. The van der Waals surface area contributed by atoms with E-state index < -0.39 is 5.41 Å². The van der Waals surface area contributed by atoms with Gasteiger partial charge in [-0.1, -0.05) is 82.2 Å². The number of ketones is 2. The first-order valence-corrected chi connectivity index (χ1v) is 8.70.